The van der Waals surface area contributed by atoms with E-state index in [9.17, 15) is 5.11 Å². The second-order valence-electron chi connectivity index (χ2n) is 15.8. The van der Waals surface area contributed by atoms with Gasteiger partial charge in [-0.15, -0.1) is 0 Å². The Morgan fingerprint density at radius 3 is 1.10 bits per heavy atom. The summed E-state index contributed by atoms with van der Waals surface area (Å²) in [4.78, 5) is 0. The van der Waals surface area contributed by atoms with Gasteiger partial charge >= 0.3 is 0 Å². The zero-order valence-corrected chi connectivity index (χ0v) is 36.0. The molecule has 0 atom stereocenters. The van der Waals surface area contributed by atoms with Crippen LogP contribution in [0, 0.1) is 0 Å². The van der Waals surface area contributed by atoms with Crippen molar-refractivity contribution in [1.29, 1.82) is 0 Å². The minimum Gasteiger partial charge on any atom is -0.494 e. The molecule has 0 spiro atoms. The summed E-state index contributed by atoms with van der Waals surface area (Å²) in [5, 5.41) is 9.37. The molecule has 0 unspecified atom stereocenters. The molecule has 0 bridgehead atoms. The van der Waals surface area contributed by atoms with E-state index in [0.717, 1.165) is 65.6 Å². The Morgan fingerprint density at radius 1 is 0.328 bits per heavy atom. The van der Waals surface area contributed by atoms with E-state index in [-0.39, 0.29) is 6.61 Å². The molecule has 318 valence electrons. The molecule has 0 aromatic heterocycles. The molecule has 0 aliphatic carbocycles. The van der Waals surface area contributed by atoms with Crippen LogP contribution in [0.25, 0.3) is 0 Å². The second-order valence-corrected chi connectivity index (χ2v) is 15.8. The Morgan fingerprint density at radius 2 is 0.672 bits per heavy atom. The van der Waals surface area contributed by atoms with Gasteiger partial charge in [0.2, 0.25) is 0 Å². The number of hydrogen-bond acceptors (Lipinski definition) is 6. The highest BCUT2D eigenvalue weighted by atomic mass is 16.5. The summed E-state index contributed by atoms with van der Waals surface area (Å²) >= 11 is 0. The standard InChI is InChI=1S/C52H74O6/c1-3-5-7-9-11-13-15-17-19-21-37-54-48-32-25-45(26-33-48)41-57-51-36-29-47(43-56-50-30-23-44(40-53)24-31-50)39-52(51)58-42-46-27-34-49(35-28-46)55-38-22-20-18-16-14-12-10-8-6-4-2/h23-36,39,53H,3-22,37-38,40-43H2,1-2H3. The van der Waals surface area contributed by atoms with Crippen LogP contribution in [0.1, 0.15) is 165 Å². The highest BCUT2D eigenvalue weighted by Gasteiger charge is 2.10. The Kier molecular flexibility index (Phi) is 24.0. The fourth-order valence-electron chi connectivity index (χ4n) is 6.98. The second kappa shape index (κ2) is 30.0. The van der Waals surface area contributed by atoms with Crippen LogP contribution >= 0.6 is 0 Å². The van der Waals surface area contributed by atoms with Crippen molar-refractivity contribution in [3.05, 3.63) is 113 Å². The summed E-state index contributed by atoms with van der Waals surface area (Å²) in [6.07, 6.45) is 26.4. The molecule has 0 radical (unpaired) electrons. The molecule has 0 aliphatic heterocycles. The van der Waals surface area contributed by atoms with Gasteiger partial charge in [-0.05, 0) is 83.6 Å². The number of ether oxygens (including phenoxy) is 5. The molecule has 0 saturated heterocycles. The zero-order chi connectivity index (χ0) is 40.7. The molecular formula is C52H74O6. The summed E-state index contributed by atoms with van der Waals surface area (Å²) in [6, 6.07) is 29.8. The van der Waals surface area contributed by atoms with Crippen LogP contribution in [0.3, 0.4) is 0 Å². The summed E-state index contributed by atoms with van der Waals surface area (Å²) < 4.78 is 30.9. The molecule has 0 saturated carbocycles. The van der Waals surface area contributed by atoms with Crippen molar-refractivity contribution in [3.8, 4) is 28.7 Å². The van der Waals surface area contributed by atoms with E-state index in [0.29, 0.717) is 31.3 Å². The van der Waals surface area contributed by atoms with E-state index in [1.807, 2.05) is 66.7 Å². The molecular weight excluding hydrogens is 721 g/mol. The van der Waals surface area contributed by atoms with E-state index < -0.39 is 0 Å². The number of benzene rings is 4. The first-order valence-corrected chi connectivity index (χ1v) is 22.8. The Hall–Kier alpha value is -4.16. The maximum absolute atomic E-state index is 9.37. The Labute approximate surface area is 351 Å². The van der Waals surface area contributed by atoms with E-state index in [4.69, 9.17) is 23.7 Å². The topological polar surface area (TPSA) is 66.4 Å². The number of aliphatic hydroxyl groups is 1. The van der Waals surface area contributed by atoms with Crippen LogP contribution in [0.15, 0.2) is 91.0 Å². The zero-order valence-electron chi connectivity index (χ0n) is 36.0. The first-order valence-electron chi connectivity index (χ1n) is 22.8. The molecule has 58 heavy (non-hydrogen) atoms. The molecule has 0 fully saturated rings. The fourth-order valence-corrected chi connectivity index (χ4v) is 6.98. The lowest BCUT2D eigenvalue weighted by Gasteiger charge is -2.15. The first kappa shape index (κ1) is 46.5. The lowest BCUT2D eigenvalue weighted by Crippen LogP contribution is -2.03. The fraction of sp³-hybridized carbons (Fsp3) is 0.538. The van der Waals surface area contributed by atoms with Crippen molar-refractivity contribution in [2.45, 2.75) is 169 Å². The van der Waals surface area contributed by atoms with Gasteiger partial charge in [-0.2, -0.15) is 0 Å². The minimum absolute atomic E-state index is 0.00888. The van der Waals surface area contributed by atoms with Gasteiger partial charge in [0, 0.05) is 0 Å². The largest absolute Gasteiger partial charge is 0.494 e. The van der Waals surface area contributed by atoms with E-state index in [1.54, 1.807) is 0 Å². The van der Waals surface area contributed by atoms with Gasteiger partial charge in [-0.1, -0.05) is 172 Å². The van der Waals surface area contributed by atoms with Gasteiger partial charge < -0.3 is 28.8 Å². The van der Waals surface area contributed by atoms with Crippen LogP contribution in [0.4, 0.5) is 0 Å². The highest BCUT2D eigenvalue weighted by Crippen LogP contribution is 2.31. The van der Waals surface area contributed by atoms with Crippen LogP contribution in [-0.4, -0.2) is 18.3 Å². The van der Waals surface area contributed by atoms with Crippen molar-refractivity contribution in [2.75, 3.05) is 13.2 Å². The van der Waals surface area contributed by atoms with E-state index in [1.165, 1.54) is 116 Å². The number of rotatable bonds is 34. The molecule has 6 heteroatoms. The average Bonchev–Trinajstić information content (AvgIpc) is 3.26. The number of unbranched alkanes of at least 4 members (excludes halogenated alkanes) is 18. The average molecular weight is 795 g/mol. The monoisotopic (exact) mass is 795 g/mol. The first-order chi connectivity index (χ1) is 28.7. The molecule has 1 N–H and O–H groups in total. The SMILES string of the molecule is CCCCCCCCCCCCOc1ccc(COc2ccc(COc3ccc(CO)cc3)cc2OCc2ccc(OCCCCCCCCCCCC)cc2)cc1. The summed E-state index contributed by atoms with van der Waals surface area (Å²) in [6.45, 7) is 7.25. The van der Waals surface area contributed by atoms with Gasteiger partial charge in [-0.25, -0.2) is 0 Å². The predicted molar refractivity (Wildman–Crippen MR) is 239 cm³/mol. The van der Waals surface area contributed by atoms with Crippen molar-refractivity contribution < 1.29 is 28.8 Å². The van der Waals surface area contributed by atoms with Gasteiger partial charge in [0.05, 0.1) is 19.8 Å². The molecule has 0 aliphatic rings. The van der Waals surface area contributed by atoms with Crippen LogP contribution in [0.2, 0.25) is 0 Å². The van der Waals surface area contributed by atoms with E-state index >= 15 is 0 Å². The number of hydrogen-bond donors (Lipinski definition) is 1. The maximum atomic E-state index is 9.37. The molecule has 4 aromatic rings. The van der Waals surface area contributed by atoms with Crippen molar-refractivity contribution in [2.24, 2.45) is 0 Å². The van der Waals surface area contributed by atoms with Crippen LogP contribution in [0.5, 0.6) is 28.7 Å². The van der Waals surface area contributed by atoms with Gasteiger partial charge in [0.25, 0.3) is 0 Å². The third kappa shape index (κ3) is 20.0. The van der Waals surface area contributed by atoms with Gasteiger partial charge in [-0.3, -0.25) is 0 Å². The third-order valence-electron chi connectivity index (χ3n) is 10.7. The van der Waals surface area contributed by atoms with Crippen LogP contribution < -0.4 is 23.7 Å². The highest BCUT2D eigenvalue weighted by molar-refractivity contribution is 5.44. The van der Waals surface area contributed by atoms with Crippen molar-refractivity contribution in [3.63, 3.8) is 0 Å². The van der Waals surface area contributed by atoms with Crippen LogP contribution in [-0.2, 0) is 26.4 Å². The molecule has 0 heterocycles. The van der Waals surface area contributed by atoms with Crippen molar-refractivity contribution >= 4 is 0 Å². The summed E-state index contributed by atoms with van der Waals surface area (Å²) in [7, 11) is 0. The Bertz CT molecular complexity index is 1580. The minimum atomic E-state index is 0.00888. The lowest BCUT2D eigenvalue weighted by molar-refractivity contribution is 0.253. The van der Waals surface area contributed by atoms with E-state index in [2.05, 4.69) is 38.1 Å². The third-order valence-corrected chi connectivity index (χ3v) is 10.7. The smallest absolute Gasteiger partial charge is 0.162 e. The molecule has 6 nitrogen and oxygen atoms in total. The van der Waals surface area contributed by atoms with Gasteiger partial charge in [0.15, 0.2) is 11.5 Å². The van der Waals surface area contributed by atoms with Gasteiger partial charge in [0.1, 0.15) is 37.1 Å². The number of aliphatic hydroxyl groups excluding tert-OH is 1. The lowest BCUT2D eigenvalue weighted by atomic mass is 10.1. The Balaban J connectivity index is 1.22. The molecule has 4 rings (SSSR count). The summed E-state index contributed by atoms with van der Waals surface area (Å²) in [5.41, 5.74) is 3.93. The predicted octanol–water partition coefficient (Wildman–Crippen LogP) is 14.5. The maximum Gasteiger partial charge on any atom is 0.162 e. The summed E-state index contributed by atoms with van der Waals surface area (Å²) in [5.74, 6) is 3.87. The van der Waals surface area contributed by atoms with Crippen molar-refractivity contribution in [1.82, 2.24) is 0 Å². The normalized spacial score (nSPS) is 11.1. The quantitative estimate of drug-likeness (QED) is 0.0475. The molecule has 4 aromatic carbocycles. The molecule has 0 amide bonds.